The topological polar surface area (TPSA) is 280 Å². The Morgan fingerprint density at radius 2 is 1.10 bits per heavy atom. The molecule has 15 nitrogen and oxygen atoms in total. The highest BCUT2D eigenvalue weighted by atomic mass is 35.5. The van der Waals surface area contributed by atoms with E-state index in [1.807, 2.05) is 0 Å². The van der Waals surface area contributed by atoms with Crippen molar-refractivity contribution >= 4 is 105 Å². The molecule has 0 aliphatic heterocycles. The van der Waals surface area contributed by atoms with E-state index in [9.17, 15) is 14.4 Å². The van der Waals surface area contributed by atoms with Crippen molar-refractivity contribution < 1.29 is 14.4 Å². The van der Waals surface area contributed by atoms with Crippen LogP contribution in [0.3, 0.4) is 0 Å². The molecule has 0 saturated heterocycles. The van der Waals surface area contributed by atoms with E-state index in [0.717, 1.165) is 0 Å². The summed E-state index contributed by atoms with van der Waals surface area (Å²) in [6.45, 7) is 2.24. The number of nitrogens with one attached hydrogen (secondary N) is 3. The van der Waals surface area contributed by atoms with Gasteiger partial charge in [0, 0.05) is 55.8 Å². The molecule has 0 atom stereocenters. The summed E-state index contributed by atoms with van der Waals surface area (Å²) in [6, 6.07) is 8.46. The van der Waals surface area contributed by atoms with Crippen LogP contribution in [0, 0.1) is 0 Å². The van der Waals surface area contributed by atoms with Crippen molar-refractivity contribution in [3.05, 3.63) is 57.5 Å². The number of nitrogens with zero attached hydrogens (tertiary/aromatic N) is 3. The Hall–Kier alpha value is -4.51. The van der Waals surface area contributed by atoms with Gasteiger partial charge >= 0.3 is 0 Å². The van der Waals surface area contributed by atoms with Gasteiger partial charge in [0.2, 0.25) is 0 Å². The number of hydrogen-bond acceptors (Lipinski definition) is 9. The Bertz CT molecular complexity index is 1600. The van der Waals surface area contributed by atoms with Gasteiger partial charge < -0.3 is 50.4 Å². The van der Waals surface area contributed by atoms with E-state index in [-0.39, 0.29) is 83.7 Å². The maximum atomic E-state index is 14.1. The molecule has 1 aliphatic rings. The van der Waals surface area contributed by atoms with E-state index in [1.54, 1.807) is 30.3 Å². The average Bonchev–Trinajstić information content (AvgIpc) is 3.45. The first-order valence-corrected chi connectivity index (χ1v) is 15.2. The van der Waals surface area contributed by atoms with Gasteiger partial charge in [-0.2, -0.15) is 0 Å². The smallest absolute Gasteiger partial charge is 0.261 e. The monoisotopic (exact) mass is 742 g/mol. The van der Waals surface area contributed by atoms with E-state index in [2.05, 4.69) is 30.9 Å². The van der Waals surface area contributed by atoms with Crippen molar-refractivity contribution in [1.29, 1.82) is 0 Å². The van der Waals surface area contributed by atoms with Gasteiger partial charge in [0.1, 0.15) is 0 Å². The molecule has 0 saturated carbocycles. The summed E-state index contributed by atoms with van der Waals surface area (Å²) < 4.78 is 0.647. The van der Waals surface area contributed by atoms with Crippen LogP contribution in [0.25, 0.3) is 10.1 Å². The zero-order valence-corrected chi connectivity index (χ0v) is 29.2. The van der Waals surface area contributed by atoms with Crippen LogP contribution < -0.4 is 50.4 Å². The fourth-order valence-corrected chi connectivity index (χ4v) is 6.01. The zero-order chi connectivity index (χ0) is 32.5. The molecule has 1 amide bonds. The van der Waals surface area contributed by atoms with Crippen LogP contribution in [0.4, 0.5) is 11.4 Å². The largest absolute Gasteiger partial charge is 0.384 e. The lowest BCUT2D eigenvalue weighted by Gasteiger charge is -2.25. The molecule has 48 heavy (non-hydrogen) atoms. The van der Waals surface area contributed by atoms with Crippen LogP contribution in [0.2, 0.25) is 0 Å². The first-order chi connectivity index (χ1) is 21.6. The van der Waals surface area contributed by atoms with Gasteiger partial charge in [-0.3, -0.25) is 29.4 Å². The zero-order valence-electron chi connectivity index (χ0n) is 25.9. The summed E-state index contributed by atoms with van der Waals surface area (Å²) in [5, 5.41) is 10.2. The van der Waals surface area contributed by atoms with Crippen molar-refractivity contribution in [3.8, 4) is 0 Å². The van der Waals surface area contributed by atoms with Crippen molar-refractivity contribution in [2.45, 2.75) is 19.3 Å². The number of nitrogens with two attached hydrogens (primary N) is 6. The second kappa shape index (κ2) is 19.3. The Kier molecular flexibility index (Phi) is 16.7. The minimum absolute atomic E-state index is 0. The predicted octanol–water partition coefficient (Wildman–Crippen LogP) is 1.49. The first kappa shape index (κ1) is 41.5. The number of halogens is 3. The average molecular weight is 744 g/mol. The number of benzene rings is 2. The number of rotatable bonds is 15. The first-order valence-electron chi connectivity index (χ1n) is 14.3. The number of amides is 1. The van der Waals surface area contributed by atoms with Crippen molar-refractivity contribution in [2.75, 3.05) is 49.9 Å². The predicted molar refractivity (Wildman–Crippen MR) is 202 cm³/mol. The highest BCUT2D eigenvalue weighted by molar-refractivity contribution is 7.21. The van der Waals surface area contributed by atoms with Gasteiger partial charge in [-0.1, -0.05) is 24.3 Å². The number of carbonyl (C=O) groups is 3. The summed E-state index contributed by atoms with van der Waals surface area (Å²) >= 11 is 1.22. The van der Waals surface area contributed by atoms with Crippen LogP contribution >= 0.6 is 48.6 Å². The molecular weight excluding hydrogens is 703 g/mol. The molecule has 1 aromatic heterocycles. The lowest BCUT2D eigenvalue weighted by atomic mass is 9.81. The number of guanidine groups is 3. The van der Waals surface area contributed by atoms with E-state index in [4.69, 9.17) is 34.4 Å². The number of aliphatic imine (C=N–C) groups is 3. The third kappa shape index (κ3) is 10.00. The molecule has 19 heteroatoms. The normalized spacial score (nSPS) is 11.0. The fraction of sp³-hybridized carbons (Fsp3) is 0.310. The summed E-state index contributed by atoms with van der Waals surface area (Å²) in [4.78, 5) is 53.8. The van der Waals surface area contributed by atoms with E-state index < -0.39 is 0 Å². The quantitative estimate of drug-likeness (QED) is 0.0364. The molecular formula is C29H41Cl3N12O3S. The number of thiophene rings is 1. The molecule has 0 fully saturated rings. The molecule has 3 aromatic rings. The summed E-state index contributed by atoms with van der Waals surface area (Å²) in [7, 11) is 0. The summed E-state index contributed by atoms with van der Waals surface area (Å²) in [6.07, 6.45) is 1.63. The second-order valence-corrected chi connectivity index (χ2v) is 11.2. The Morgan fingerprint density at radius 1 is 0.667 bits per heavy atom. The van der Waals surface area contributed by atoms with E-state index in [1.165, 1.54) is 11.3 Å². The van der Waals surface area contributed by atoms with Crippen molar-refractivity contribution in [1.82, 2.24) is 5.32 Å². The van der Waals surface area contributed by atoms with Gasteiger partial charge in [-0.25, -0.2) is 0 Å². The molecule has 262 valence electrons. The van der Waals surface area contributed by atoms with Crippen molar-refractivity contribution in [3.63, 3.8) is 0 Å². The summed E-state index contributed by atoms with van der Waals surface area (Å²) in [5.41, 5.74) is 34.6. The highest BCUT2D eigenvalue weighted by Crippen LogP contribution is 2.46. The van der Waals surface area contributed by atoms with E-state index in [0.29, 0.717) is 96.0 Å². The molecule has 0 spiro atoms. The Labute approximate surface area is 300 Å². The van der Waals surface area contributed by atoms with Crippen LogP contribution in [-0.4, -0.2) is 74.6 Å². The molecule has 2 aromatic carbocycles. The third-order valence-corrected chi connectivity index (χ3v) is 8.00. The number of hydrogen-bond donors (Lipinski definition) is 9. The maximum Gasteiger partial charge on any atom is 0.261 e. The molecule has 1 aliphatic carbocycles. The molecule has 4 rings (SSSR count). The lowest BCUT2D eigenvalue weighted by Crippen LogP contribution is -2.25. The van der Waals surface area contributed by atoms with Gasteiger partial charge in [0.05, 0.1) is 32.1 Å². The maximum absolute atomic E-state index is 14.1. The van der Waals surface area contributed by atoms with Gasteiger partial charge in [0.25, 0.3) is 5.91 Å². The minimum atomic E-state index is -0.308. The minimum Gasteiger partial charge on any atom is -0.384 e. The van der Waals surface area contributed by atoms with Crippen LogP contribution in [0.15, 0.2) is 45.3 Å². The second-order valence-electron chi connectivity index (χ2n) is 10.1. The van der Waals surface area contributed by atoms with Gasteiger partial charge in [-0.05, 0) is 25.3 Å². The number of anilines is 2. The molecule has 1 heterocycles. The van der Waals surface area contributed by atoms with Crippen molar-refractivity contribution in [2.24, 2.45) is 49.4 Å². The molecule has 0 radical (unpaired) electrons. The summed E-state index contributed by atoms with van der Waals surface area (Å²) in [5.74, 6) is -0.954. The highest BCUT2D eigenvalue weighted by Gasteiger charge is 2.36. The lowest BCUT2D eigenvalue weighted by molar-refractivity contribution is 0.0956. The van der Waals surface area contributed by atoms with E-state index >= 15 is 0 Å². The van der Waals surface area contributed by atoms with Crippen LogP contribution in [0.5, 0.6) is 0 Å². The Balaban J connectivity index is 0.00000384. The van der Waals surface area contributed by atoms with Gasteiger partial charge in [-0.15, -0.1) is 48.6 Å². The fourth-order valence-electron chi connectivity index (χ4n) is 4.90. The number of carbonyl (C=O) groups excluding carboxylic acids is 3. The SMILES string of the molecule is Cl.Cl.Cl.NC(N)=NCCCNC(=O)c1cc2c(NCCCN=C(N)N)c3c(c(NCCCN=C(N)N)c2s1)C(=O)c1ccccc1C3=O. The standard InChI is InChI=1S/C29H38N12O3S.3ClH/c30-27(31)39-11-3-8-36-21-17-14-18(26(44)38-10-5-13-41-29(34)35)45-25(17)22(37-9-4-12-40-28(32)33)20-19(21)23(42)15-6-1-2-7-16(15)24(20)43;;;/h1-2,6-7,14,36-37H,3-5,8-13H2,(H,38,44)(H4,30,31,39)(H4,32,33,40)(H4,34,35,41);3*1H. The number of ketones is 2. The molecule has 15 N–H and O–H groups in total. The van der Waals surface area contributed by atoms with Crippen LogP contribution in [-0.2, 0) is 0 Å². The van der Waals surface area contributed by atoms with Gasteiger partial charge in [0.15, 0.2) is 29.4 Å². The number of fused-ring (bicyclic) bond motifs is 3. The van der Waals surface area contributed by atoms with Crippen LogP contribution in [0.1, 0.15) is 60.8 Å². The molecule has 0 bridgehead atoms. The molecule has 0 unspecified atom stereocenters. The Morgan fingerprint density at radius 3 is 1.58 bits per heavy atom. The third-order valence-electron chi connectivity index (χ3n) is 6.85.